The van der Waals surface area contributed by atoms with Gasteiger partial charge in [-0.25, -0.2) is 0 Å². The molecule has 1 N–H and O–H groups in total. The maximum Gasteiger partial charge on any atom is 0.251 e. The van der Waals surface area contributed by atoms with Crippen molar-refractivity contribution in [3.8, 4) is 0 Å². The Balaban J connectivity index is 2.31. The third-order valence-electron chi connectivity index (χ3n) is 2.72. The fourth-order valence-electron chi connectivity index (χ4n) is 1.59. The lowest BCUT2D eigenvalue weighted by Crippen LogP contribution is -2.24. The standard InChI is InChI=1S/C14H20INO/c1-2-12-6-8-13(9-7-12)14(17)16-11-5-3-4-10-15/h6-9H,2-5,10-11H2,1H3,(H,16,17). The highest BCUT2D eigenvalue weighted by atomic mass is 127. The third kappa shape index (κ3) is 5.52. The third-order valence-corrected chi connectivity index (χ3v) is 3.48. The second-order valence-electron chi connectivity index (χ2n) is 4.06. The van der Waals surface area contributed by atoms with Gasteiger partial charge in [0.1, 0.15) is 0 Å². The van der Waals surface area contributed by atoms with Crippen LogP contribution in [0.4, 0.5) is 0 Å². The molecule has 94 valence electrons. The zero-order valence-electron chi connectivity index (χ0n) is 10.3. The van der Waals surface area contributed by atoms with Crippen LogP contribution in [0.5, 0.6) is 0 Å². The van der Waals surface area contributed by atoms with E-state index in [1.807, 2.05) is 24.3 Å². The molecule has 3 heteroatoms. The lowest BCUT2D eigenvalue weighted by atomic mass is 10.1. The molecule has 0 unspecified atom stereocenters. The van der Waals surface area contributed by atoms with Gasteiger partial charge in [-0.05, 0) is 41.4 Å². The monoisotopic (exact) mass is 345 g/mol. The van der Waals surface area contributed by atoms with Crippen molar-refractivity contribution in [2.75, 3.05) is 11.0 Å². The molecule has 0 bridgehead atoms. The Morgan fingerprint density at radius 1 is 1.18 bits per heavy atom. The van der Waals surface area contributed by atoms with Crippen LogP contribution in [0.25, 0.3) is 0 Å². The van der Waals surface area contributed by atoms with Crippen LogP contribution in [0.2, 0.25) is 0 Å². The van der Waals surface area contributed by atoms with E-state index in [9.17, 15) is 4.79 Å². The van der Waals surface area contributed by atoms with Crippen LogP contribution in [-0.4, -0.2) is 16.9 Å². The van der Waals surface area contributed by atoms with Gasteiger partial charge in [0.05, 0.1) is 0 Å². The summed E-state index contributed by atoms with van der Waals surface area (Å²) in [5.74, 6) is 0.0436. The highest BCUT2D eigenvalue weighted by Crippen LogP contribution is 2.05. The summed E-state index contributed by atoms with van der Waals surface area (Å²) in [5, 5.41) is 2.95. The summed E-state index contributed by atoms with van der Waals surface area (Å²) in [6.45, 7) is 2.90. The highest BCUT2D eigenvalue weighted by molar-refractivity contribution is 14.1. The number of alkyl halides is 1. The van der Waals surface area contributed by atoms with Crippen LogP contribution in [0.3, 0.4) is 0 Å². The second-order valence-corrected chi connectivity index (χ2v) is 5.13. The van der Waals surface area contributed by atoms with Crippen molar-refractivity contribution >= 4 is 28.5 Å². The van der Waals surface area contributed by atoms with Crippen LogP contribution >= 0.6 is 22.6 Å². The van der Waals surface area contributed by atoms with Crippen molar-refractivity contribution in [1.82, 2.24) is 5.32 Å². The minimum Gasteiger partial charge on any atom is -0.352 e. The van der Waals surface area contributed by atoms with Crippen molar-refractivity contribution < 1.29 is 4.79 Å². The molecule has 0 aliphatic heterocycles. The first kappa shape index (κ1) is 14.5. The Morgan fingerprint density at radius 3 is 2.47 bits per heavy atom. The van der Waals surface area contributed by atoms with Crippen molar-refractivity contribution in [3.05, 3.63) is 35.4 Å². The maximum absolute atomic E-state index is 11.8. The summed E-state index contributed by atoms with van der Waals surface area (Å²) in [6, 6.07) is 7.84. The number of amides is 1. The van der Waals surface area contributed by atoms with Crippen LogP contribution in [0, 0.1) is 0 Å². The topological polar surface area (TPSA) is 29.1 Å². The Labute approximate surface area is 117 Å². The molecule has 0 aliphatic carbocycles. The van der Waals surface area contributed by atoms with Crippen LogP contribution < -0.4 is 5.32 Å². The molecular formula is C14H20INO. The zero-order valence-corrected chi connectivity index (χ0v) is 12.5. The van der Waals surface area contributed by atoms with Crippen molar-refractivity contribution in [3.63, 3.8) is 0 Å². The SMILES string of the molecule is CCc1ccc(C(=O)NCCCCCI)cc1. The molecule has 0 saturated heterocycles. The first-order chi connectivity index (χ1) is 8.27. The molecule has 0 fully saturated rings. The average molecular weight is 345 g/mol. The van der Waals surface area contributed by atoms with E-state index in [4.69, 9.17) is 0 Å². The van der Waals surface area contributed by atoms with Gasteiger partial charge in [-0.3, -0.25) is 4.79 Å². The number of unbranched alkanes of at least 4 members (excludes halogenated alkanes) is 2. The molecule has 0 aromatic heterocycles. The second kappa shape index (κ2) is 8.50. The number of carbonyl (C=O) groups is 1. The molecule has 0 saturated carbocycles. The predicted octanol–water partition coefficient (Wildman–Crippen LogP) is 3.58. The van der Waals surface area contributed by atoms with Gasteiger partial charge in [-0.1, -0.05) is 48.1 Å². The summed E-state index contributed by atoms with van der Waals surface area (Å²) in [7, 11) is 0. The van der Waals surface area contributed by atoms with Gasteiger partial charge in [-0.15, -0.1) is 0 Å². The van der Waals surface area contributed by atoms with Crippen molar-refractivity contribution in [2.24, 2.45) is 0 Å². The van der Waals surface area contributed by atoms with Crippen molar-refractivity contribution in [2.45, 2.75) is 32.6 Å². The number of carbonyl (C=O) groups excluding carboxylic acids is 1. The Bertz CT molecular complexity index is 335. The molecule has 1 amide bonds. The zero-order chi connectivity index (χ0) is 12.5. The first-order valence-corrected chi connectivity index (χ1v) is 7.73. The number of aryl methyl sites for hydroxylation is 1. The molecular weight excluding hydrogens is 325 g/mol. The highest BCUT2D eigenvalue weighted by Gasteiger charge is 2.03. The van der Waals surface area contributed by atoms with E-state index < -0.39 is 0 Å². The van der Waals surface area contributed by atoms with E-state index in [2.05, 4.69) is 34.8 Å². The minimum atomic E-state index is 0.0436. The molecule has 0 spiro atoms. The predicted molar refractivity (Wildman–Crippen MR) is 80.9 cm³/mol. The summed E-state index contributed by atoms with van der Waals surface area (Å²) < 4.78 is 1.20. The molecule has 0 heterocycles. The minimum absolute atomic E-state index is 0.0436. The van der Waals surface area contributed by atoms with E-state index in [0.717, 1.165) is 24.9 Å². The Morgan fingerprint density at radius 2 is 1.88 bits per heavy atom. The molecule has 17 heavy (non-hydrogen) atoms. The van der Waals surface area contributed by atoms with Gasteiger partial charge in [0, 0.05) is 12.1 Å². The molecule has 2 nitrogen and oxygen atoms in total. The van der Waals surface area contributed by atoms with Gasteiger partial charge in [-0.2, -0.15) is 0 Å². The first-order valence-electron chi connectivity index (χ1n) is 6.21. The number of nitrogens with one attached hydrogen (secondary N) is 1. The van der Waals surface area contributed by atoms with E-state index in [1.54, 1.807) is 0 Å². The maximum atomic E-state index is 11.8. The summed E-state index contributed by atoms with van der Waals surface area (Å²) in [4.78, 5) is 11.8. The quantitative estimate of drug-likeness (QED) is 0.457. The van der Waals surface area contributed by atoms with E-state index in [-0.39, 0.29) is 5.91 Å². The summed E-state index contributed by atoms with van der Waals surface area (Å²) in [5.41, 5.74) is 2.03. The van der Waals surface area contributed by atoms with Crippen LogP contribution in [0.15, 0.2) is 24.3 Å². The fourth-order valence-corrected chi connectivity index (χ4v) is 2.13. The fraction of sp³-hybridized carbons (Fsp3) is 0.500. The lowest BCUT2D eigenvalue weighted by Gasteiger charge is -2.05. The smallest absolute Gasteiger partial charge is 0.251 e. The molecule has 1 rings (SSSR count). The molecule has 0 radical (unpaired) electrons. The normalized spacial score (nSPS) is 10.2. The van der Waals surface area contributed by atoms with Gasteiger partial charge >= 0.3 is 0 Å². The lowest BCUT2D eigenvalue weighted by molar-refractivity contribution is 0.0953. The van der Waals surface area contributed by atoms with Crippen LogP contribution in [0.1, 0.15) is 42.1 Å². The molecule has 0 aliphatic rings. The summed E-state index contributed by atoms with van der Waals surface area (Å²) in [6.07, 6.45) is 4.51. The largest absolute Gasteiger partial charge is 0.352 e. The number of halogens is 1. The van der Waals surface area contributed by atoms with Gasteiger partial charge < -0.3 is 5.32 Å². The molecule has 1 aromatic rings. The molecule has 1 aromatic carbocycles. The summed E-state index contributed by atoms with van der Waals surface area (Å²) >= 11 is 2.38. The van der Waals surface area contributed by atoms with E-state index in [1.165, 1.54) is 22.8 Å². The number of benzene rings is 1. The van der Waals surface area contributed by atoms with E-state index >= 15 is 0 Å². The Hall–Kier alpha value is -0.580. The molecule has 0 atom stereocenters. The number of hydrogen-bond donors (Lipinski definition) is 1. The average Bonchev–Trinajstić information content (AvgIpc) is 2.38. The van der Waals surface area contributed by atoms with Crippen LogP contribution in [-0.2, 0) is 6.42 Å². The van der Waals surface area contributed by atoms with E-state index in [0.29, 0.717) is 0 Å². The van der Waals surface area contributed by atoms with Gasteiger partial charge in [0.15, 0.2) is 0 Å². The van der Waals surface area contributed by atoms with Crippen molar-refractivity contribution in [1.29, 1.82) is 0 Å². The van der Waals surface area contributed by atoms with Gasteiger partial charge in [0.25, 0.3) is 5.91 Å². The number of rotatable bonds is 7. The number of hydrogen-bond acceptors (Lipinski definition) is 1. The Kier molecular flexibility index (Phi) is 7.24. The van der Waals surface area contributed by atoms with Gasteiger partial charge in [0.2, 0.25) is 0 Å².